The van der Waals surface area contributed by atoms with Crippen LogP contribution in [0.2, 0.25) is 0 Å². The lowest BCUT2D eigenvalue weighted by molar-refractivity contribution is -0.136. The predicted octanol–water partition coefficient (Wildman–Crippen LogP) is 2.61. The molecule has 3 aromatic rings. The van der Waals surface area contributed by atoms with Gasteiger partial charge < -0.3 is 9.63 Å². The van der Waals surface area contributed by atoms with Gasteiger partial charge in [-0.15, -0.1) is 0 Å². The summed E-state index contributed by atoms with van der Waals surface area (Å²) >= 11 is 0. The largest absolute Gasteiger partial charge is 0.481 e. The standard InChI is InChI=1S/C13H9NO3/c15-12(16)7-10-13-9-4-2-1-3-8(9)5-6-11(13)17-14-10/h1-6H,7H2,(H,15,16). The Morgan fingerprint density at radius 2 is 2.06 bits per heavy atom. The molecule has 4 nitrogen and oxygen atoms in total. The van der Waals surface area contributed by atoms with Gasteiger partial charge in [0.2, 0.25) is 0 Å². The van der Waals surface area contributed by atoms with Gasteiger partial charge in [0.1, 0.15) is 5.69 Å². The van der Waals surface area contributed by atoms with E-state index in [-0.39, 0.29) is 6.42 Å². The predicted molar refractivity (Wildman–Crippen MR) is 62.9 cm³/mol. The molecule has 0 saturated carbocycles. The first-order valence-electron chi connectivity index (χ1n) is 5.23. The molecular formula is C13H9NO3. The van der Waals surface area contributed by atoms with Gasteiger partial charge in [-0.25, -0.2) is 0 Å². The Morgan fingerprint density at radius 1 is 1.24 bits per heavy atom. The van der Waals surface area contributed by atoms with Crippen molar-refractivity contribution in [2.24, 2.45) is 0 Å². The number of rotatable bonds is 2. The van der Waals surface area contributed by atoms with Gasteiger partial charge in [-0.1, -0.05) is 35.5 Å². The summed E-state index contributed by atoms with van der Waals surface area (Å²) in [6.45, 7) is 0. The molecule has 0 amide bonds. The van der Waals surface area contributed by atoms with E-state index in [2.05, 4.69) is 5.16 Å². The van der Waals surface area contributed by atoms with Crippen molar-refractivity contribution in [2.45, 2.75) is 6.42 Å². The minimum absolute atomic E-state index is 0.124. The molecule has 84 valence electrons. The zero-order valence-electron chi connectivity index (χ0n) is 8.88. The summed E-state index contributed by atoms with van der Waals surface area (Å²) in [6, 6.07) is 11.5. The number of aromatic nitrogens is 1. The Hall–Kier alpha value is -2.36. The molecule has 0 aliphatic heterocycles. The molecule has 1 aromatic heterocycles. The fraction of sp³-hybridized carbons (Fsp3) is 0.0769. The summed E-state index contributed by atoms with van der Waals surface area (Å²) in [6.07, 6.45) is -0.124. The zero-order valence-corrected chi connectivity index (χ0v) is 8.88. The quantitative estimate of drug-likeness (QED) is 0.730. The number of carboxylic acids is 1. The third kappa shape index (κ3) is 1.54. The van der Waals surface area contributed by atoms with Gasteiger partial charge in [0.15, 0.2) is 5.58 Å². The first-order valence-corrected chi connectivity index (χ1v) is 5.23. The summed E-state index contributed by atoms with van der Waals surface area (Å²) in [7, 11) is 0. The van der Waals surface area contributed by atoms with Crippen molar-refractivity contribution in [1.82, 2.24) is 5.16 Å². The van der Waals surface area contributed by atoms with E-state index in [1.54, 1.807) is 0 Å². The molecular weight excluding hydrogens is 218 g/mol. The molecule has 0 aliphatic carbocycles. The molecule has 0 saturated heterocycles. The van der Waals surface area contributed by atoms with Crippen molar-refractivity contribution in [1.29, 1.82) is 0 Å². The van der Waals surface area contributed by atoms with Gasteiger partial charge in [-0.3, -0.25) is 4.79 Å². The molecule has 0 atom stereocenters. The smallest absolute Gasteiger partial charge is 0.309 e. The van der Waals surface area contributed by atoms with Gasteiger partial charge in [0.05, 0.1) is 11.8 Å². The maximum Gasteiger partial charge on any atom is 0.309 e. The normalized spacial score (nSPS) is 11.1. The minimum atomic E-state index is -0.909. The second-order valence-electron chi connectivity index (χ2n) is 3.86. The Morgan fingerprint density at radius 3 is 2.88 bits per heavy atom. The molecule has 3 rings (SSSR count). The van der Waals surface area contributed by atoms with Crippen molar-refractivity contribution in [3.63, 3.8) is 0 Å². The lowest BCUT2D eigenvalue weighted by atomic mass is 10.0. The highest BCUT2D eigenvalue weighted by atomic mass is 16.5. The van der Waals surface area contributed by atoms with E-state index >= 15 is 0 Å². The van der Waals surface area contributed by atoms with Gasteiger partial charge >= 0.3 is 5.97 Å². The highest BCUT2D eigenvalue weighted by Crippen LogP contribution is 2.28. The summed E-state index contributed by atoms with van der Waals surface area (Å²) in [5.41, 5.74) is 1.10. The van der Waals surface area contributed by atoms with Crippen LogP contribution in [0.1, 0.15) is 5.69 Å². The Kier molecular flexibility index (Phi) is 2.08. The summed E-state index contributed by atoms with van der Waals surface area (Å²) in [5, 5.41) is 15.5. The lowest BCUT2D eigenvalue weighted by Crippen LogP contribution is -2.00. The second kappa shape index (κ2) is 3.59. The topological polar surface area (TPSA) is 63.3 Å². The molecule has 4 heteroatoms. The van der Waals surface area contributed by atoms with Crippen LogP contribution in [0.3, 0.4) is 0 Å². The fourth-order valence-corrected chi connectivity index (χ4v) is 2.04. The van der Waals surface area contributed by atoms with Gasteiger partial charge in [-0.05, 0) is 16.8 Å². The van der Waals surface area contributed by atoms with Crippen LogP contribution >= 0.6 is 0 Å². The minimum Gasteiger partial charge on any atom is -0.481 e. The van der Waals surface area contributed by atoms with E-state index in [0.717, 1.165) is 16.2 Å². The van der Waals surface area contributed by atoms with E-state index in [4.69, 9.17) is 9.63 Å². The number of carbonyl (C=O) groups is 1. The molecule has 1 heterocycles. The first-order chi connectivity index (χ1) is 8.25. The van der Waals surface area contributed by atoms with E-state index in [1.807, 2.05) is 36.4 Å². The number of carboxylic acid groups (broad SMARTS) is 1. The van der Waals surface area contributed by atoms with Crippen molar-refractivity contribution >= 4 is 27.7 Å². The van der Waals surface area contributed by atoms with Gasteiger partial charge in [-0.2, -0.15) is 0 Å². The number of benzene rings is 2. The number of fused-ring (bicyclic) bond motifs is 3. The fourth-order valence-electron chi connectivity index (χ4n) is 2.04. The van der Waals surface area contributed by atoms with Crippen LogP contribution in [0.4, 0.5) is 0 Å². The molecule has 0 spiro atoms. The van der Waals surface area contributed by atoms with Gasteiger partial charge in [0, 0.05) is 0 Å². The maximum atomic E-state index is 10.8. The maximum absolute atomic E-state index is 10.8. The van der Waals surface area contributed by atoms with Crippen LogP contribution in [0, 0.1) is 0 Å². The molecule has 0 fully saturated rings. The highest BCUT2D eigenvalue weighted by Gasteiger charge is 2.13. The highest BCUT2D eigenvalue weighted by molar-refractivity contribution is 6.07. The summed E-state index contributed by atoms with van der Waals surface area (Å²) in [5.74, 6) is -0.909. The van der Waals surface area contributed by atoms with Crippen molar-refractivity contribution in [3.05, 3.63) is 42.1 Å². The van der Waals surface area contributed by atoms with Crippen LogP contribution in [0.5, 0.6) is 0 Å². The van der Waals surface area contributed by atoms with E-state index in [1.165, 1.54) is 0 Å². The average molecular weight is 227 g/mol. The SMILES string of the molecule is O=C(O)Cc1noc2ccc3ccccc3c12. The Bertz CT molecular complexity index is 715. The molecule has 0 aliphatic rings. The van der Waals surface area contributed by atoms with Crippen LogP contribution in [0.25, 0.3) is 21.7 Å². The Balaban J connectivity index is 2.38. The Labute approximate surface area is 96.4 Å². The van der Waals surface area contributed by atoms with E-state index in [9.17, 15) is 4.79 Å². The number of hydrogen-bond acceptors (Lipinski definition) is 3. The number of aliphatic carboxylic acids is 1. The molecule has 0 unspecified atom stereocenters. The van der Waals surface area contributed by atoms with Crippen LogP contribution in [0.15, 0.2) is 40.9 Å². The first kappa shape index (κ1) is 9.84. The van der Waals surface area contributed by atoms with Crippen LogP contribution < -0.4 is 0 Å². The lowest BCUT2D eigenvalue weighted by Gasteiger charge is -1.98. The number of nitrogens with zero attached hydrogens (tertiary/aromatic N) is 1. The molecule has 0 bridgehead atoms. The molecule has 0 radical (unpaired) electrons. The summed E-state index contributed by atoms with van der Waals surface area (Å²) in [4.78, 5) is 10.8. The van der Waals surface area contributed by atoms with E-state index < -0.39 is 5.97 Å². The third-order valence-corrected chi connectivity index (χ3v) is 2.75. The van der Waals surface area contributed by atoms with Crippen molar-refractivity contribution in [2.75, 3.05) is 0 Å². The average Bonchev–Trinajstić information content (AvgIpc) is 2.72. The van der Waals surface area contributed by atoms with Crippen LogP contribution in [-0.2, 0) is 11.2 Å². The van der Waals surface area contributed by atoms with Crippen molar-refractivity contribution < 1.29 is 14.4 Å². The zero-order chi connectivity index (χ0) is 11.8. The molecule has 17 heavy (non-hydrogen) atoms. The van der Waals surface area contributed by atoms with Crippen LogP contribution in [-0.4, -0.2) is 16.2 Å². The van der Waals surface area contributed by atoms with Crippen molar-refractivity contribution in [3.8, 4) is 0 Å². The molecule has 1 N–H and O–H groups in total. The third-order valence-electron chi connectivity index (χ3n) is 2.75. The summed E-state index contributed by atoms with van der Waals surface area (Å²) < 4.78 is 5.14. The monoisotopic (exact) mass is 227 g/mol. The second-order valence-corrected chi connectivity index (χ2v) is 3.86. The number of hydrogen-bond donors (Lipinski definition) is 1. The van der Waals surface area contributed by atoms with Gasteiger partial charge in [0.25, 0.3) is 0 Å². The molecule has 2 aromatic carbocycles. The van der Waals surface area contributed by atoms with E-state index in [0.29, 0.717) is 11.3 Å².